The van der Waals surface area contributed by atoms with Crippen LogP contribution in [0.2, 0.25) is 0 Å². The number of anilines is 1. The molecule has 360 valence electrons. The monoisotopic (exact) mass is 931 g/mol. The number of pyridine rings is 1. The van der Waals surface area contributed by atoms with Gasteiger partial charge in [-0.3, -0.25) is 34.3 Å². The zero-order valence-corrected chi connectivity index (χ0v) is 39.9. The topological polar surface area (TPSA) is 222 Å². The molecule has 2 unspecified atom stereocenters. The number of carbonyl (C=O) groups excluding carboxylic acids is 3. The fourth-order valence-corrected chi connectivity index (χ4v) is 10.2. The number of hydrogen-bond donors (Lipinski definition) is 5. The molecule has 0 saturated carbocycles. The number of phenolic OH excluding ortho intramolecular Hbond substituents is 2. The Morgan fingerprint density at radius 3 is 2.47 bits per heavy atom. The Morgan fingerprint density at radius 1 is 0.985 bits per heavy atom. The van der Waals surface area contributed by atoms with Crippen molar-refractivity contribution in [2.24, 2.45) is 33.7 Å². The van der Waals surface area contributed by atoms with Crippen LogP contribution in [-0.4, -0.2) is 110 Å². The van der Waals surface area contributed by atoms with Gasteiger partial charge in [0.15, 0.2) is 5.75 Å². The van der Waals surface area contributed by atoms with Gasteiger partial charge in [0.05, 0.1) is 58.5 Å². The number of hydrogen-bond acceptors (Lipinski definition) is 15. The number of phenols is 2. The first-order valence-corrected chi connectivity index (χ1v) is 23.1. The zero-order chi connectivity index (χ0) is 49.0. The maximum atomic E-state index is 14.9. The van der Waals surface area contributed by atoms with Gasteiger partial charge < -0.3 is 44.7 Å². The van der Waals surface area contributed by atoms with E-state index < -0.39 is 88.6 Å². The number of carbonyl (C=O) groups is 3. The molecular weight excluding hydrogens is 871 g/mol. The molecule has 4 aliphatic heterocycles. The minimum Gasteiger partial charge on any atom is -0.507 e. The summed E-state index contributed by atoms with van der Waals surface area (Å²) in [6, 6.07) is 10.1. The summed E-state index contributed by atoms with van der Waals surface area (Å²) in [5, 5.41) is 51.5. The van der Waals surface area contributed by atoms with E-state index in [0.717, 1.165) is 16.5 Å². The number of methoxy groups -OCH3 is 1. The number of ketones is 1. The van der Waals surface area contributed by atoms with Crippen LogP contribution in [0.3, 0.4) is 0 Å². The van der Waals surface area contributed by atoms with Gasteiger partial charge in [0.2, 0.25) is 0 Å². The van der Waals surface area contributed by atoms with Crippen molar-refractivity contribution in [3.05, 3.63) is 100 Å². The van der Waals surface area contributed by atoms with E-state index in [9.17, 15) is 34.8 Å². The lowest BCUT2D eigenvalue weighted by Gasteiger charge is -2.38. The lowest BCUT2D eigenvalue weighted by molar-refractivity contribution is -0.160. The average molecular weight is 932 g/mol. The number of nitrogens with zero attached hydrogens (tertiary/aromatic N) is 4. The van der Waals surface area contributed by atoms with Gasteiger partial charge in [-0.1, -0.05) is 64.1 Å². The molecule has 16 nitrogen and oxygen atoms in total. The molecule has 5 heterocycles. The first-order valence-electron chi connectivity index (χ1n) is 23.1. The Bertz CT molecular complexity index is 2920. The molecule has 3 aromatic carbocycles. The number of benzene rings is 3. The molecule has 1 fully saturated rings. The van der Waals surface area contributed by atoms with Crippen molar-refractivity contribution in [3.8, 4) is 17.2 Å². The van der Waals surface area contributed by atoms with E-state index in [1.807, 2.05) is 30.5 Å². The number of aromatic nitrogens is 1. The Kier molecular flexibility index (Phi) is 13.3. The summed E-state index contributed by atoms with van der Waals surface area (Å²) in [7, 11) is 1.47. The van der Waals surface area contributed by atoms with Gasteiger partial charge in [-0.25, -0.2) is 0 Å². The highest BCUT2D eigenvalue weighted by atomic mass is 16.7. The number of para-hydroxylation sites is 1. The van der Waals surface area contributed by atoms with Crippen molar-refractivity contribution in [2.45, 2.75) is 104 Å². The minimum absolute atomic E-state index is 0.0132. The first-order chi connectivity index (χ1) is 32.3. The molecular formula is C52H61N5O11. The highest BCUT2D eigenvalue weighted by molar-refractivity contribution is 6.19. The van der Waals surface area contributed by atoms with Crippen molar-refractivity contribution in [1.82, 2.24) is 9.88 Å². The minimum atomic E-state index is -1.99. The molecule has 1 aromatic heterocycles. The quantitative estimate of drug-likeness (QED) is 0.126. The Labute approximate surface area is 394 Å². The molecule has 4 bridgehead atoms. The number of Topliss-reactive ketones (excluding diaryl/α,β-unsaturated/α-hetero) is 1. The summed E-state index contributed by atoms with van der Waals surface area (Å²) in [6.45, 7) is 14.9. The van der Waals surface area contributed by atoms with E-state index >= 15 is 0 Å². The molecule has 5 N–H and O–H groups in total. The SMILES string of the molecule is CO[C@H]1/C=C/O[C@@]2(C)Oc3c(C)c(O)c4c(O)c(c5c(c4c3C2=O)=NC2(CCN(Cc3cnc4ccccc4c3)C2)CN=5)NC(=O)/C(C)=C\C=C\[C@H](C)[C@H](O)[C@@H](C)[C@@H](O)[C@@H](C)[C@H](OC(C)=O)C1C. The molecule has 1 spiro atoms. The van der Waals surface area contributed by atoms with E-state index in [0.29, 0.717) is 26.1 Å². The van der Waals surface area contributed by atoms with Crippen molar-refractivity contribution < 1.29 is 53.8 Å². The molecule has 8 rings (SSSR count). The summed E-state index contributed by atoms with van der Waals surface area (Å²) in [5.74, 6) is -7.10. The fourth-order valence-electron chi connectivity index (χ4n) is 10.2. The molecule has 0 aliphatic carbocycles. The van der Waals surface area contributed by atoms with Crippen LogP contribution in [0.5, 0.6) is 17.2 Å². The van der Waals surface area contributed by atoms with Crippen molar-refractivity contribution >= 4 is 45.0 Å². The van der Waals surface area contributed by atoms with Crippen LogP contribution in [0.1, 0.15) is 76.4 Å². The van der Waals surface area contributed by atoms with Gasteiger partial charge in [0.25, 0.3) is 11.7 Å². The number of aliphatic hydroxyl groups excluding tert-OH is 2. The third-order valence-corrected chi connectivity index (χ3v) is 14.3. The fraction of sp³-hybridized carbons (Fsp3) is 0.462. The molecule has 0 radical (unpaired) electrons. The van der Waals surface area contributed by atoms with Crippen molar-refractivity contribution in [2.75, 3.05) is 32.1 Å². The number of nitrogens with one attached hydrogen (secondary N) is 1. The second kappa shape index (κ2) is 18.7. The first kappa shape index (κ1) is 48.3. The molecule has 1 amide bonds. The zero-order valence-electron chi connectivity index (χ0n) is 39.9. The van der Waals surface area contributed by atoms with Crippen LogP contribution in [-0.2, 0) is 30.3 Å². The predicted octanol–water partition coefficient (Wildman–Crippen LogP) is 5.49. The van der Waals surface area contributed by atoms with Gasteiger partial charge in [0, 0.05) is 92.4 Å². The van der Waals surface area contributed by atoms with Crippen LogP contribution >= 0.6 is 0 Å². The number of esters is 1. The molecule has 10 atom stereocenters. The number of amides is 1. The number of ether oxygens (including phenoxy) is 4. The predicted molar refractivity (Wildman–Crippen MR) is 254 cm³/mol. The molecule has 68 heavy (non-hydrogen) atoms. The van der Waals surface area contributed by atoms with Crippen LogP contribution in [0.4, 0.5) is 5.69 Å². The lowest BCUT2D eigenvalue weighted by Crippen LogP contribution is -2.46. The molecule has 4 aromatic rings. The Morgan fingerprint density at radius 2 is 1.74 bits per heavy atom. The standard InChI is InChI=1S/C52H61N5O11/c1-26-13-12-14-27(2)50(64)55-42-41-40(56-52(24-54-41)18-19-57(25-52)23-33-21-34-15-10-11-16-35(34)53-22-33)37-38(46(42)62)45(61)31(6)48-39(37)49(63)51(8,68-48)66-20-17-36(65-9)28(3)47(67-32(7)58)30(5)44(60)29(4)43(26)59/h10-17,20-22,26,28-30,36,43-44,47,59-62H,18-19,23-25H2,1-9H3,(H,55,64)/b13-12+,20-17+,27-14-/t26-,28?,29+,30+,36-,43-,44+,47+,51-,52?/m0/s1. The summed E-state index contributed by atoms with van der Waals surface area (Å²) >= 11 is 0. The highest BCUT2D eigenvalue weighted by Crippen LogP contribution is 2.49. The normalized spacial score (nSPS) is 31.8. The van der Waals surface area contributed by atoms with Gasteiger partial charge in [-0.2, -0.15) is 0 Å². The van der Waals surface area contributed by atoms with Gasteiger partial charge in [-0.05, 0) is 44.0 Å². The number of allylic oxidation sites excluding steroid dienone is 2. The maximum absolute atomic E-state index is 14.9. The summed E-state index contributed by atoms with van der Waals surface area (Å²) in [4.78, 5) is 58.8. The van der Waals surface area contributed by atoms with Crippen LogP contribution < -0.4 is 20.8 Å². The largest absolute Gasteiger partial charge is 0.507 e. The number of fused-ring (bicyclic) bond motifs is 2. The van der Waals surface area contributed by atoms with Crippen LogP contribution in [0, 0.1) is 30.6 Å². The van der Waals surface area contributed by atoms with Crippen LogP contribution in [0.25, 0.3) is 21.7 Å². The maximum Gasteiger partial charge on any atom is 0.312 e. The number of aliphatic hydroxyl groups is 2. The summed E-state index contributed by atoms with van der Waals surface area (Å²) in [6.07, 6.45) is 6.35. The van der Waals surface area contributed by atoms with E-state index in [2.05, 4.69) is 21.3 Å². The second-order valence-electron chi connectivity index (χ2n) is 19.2. The Balaban J connectivity index is 1.26. The number of rotatable bonds is 4. The third-order valence-electron chi connectivity index (χ3n) is 14.3. The van der Waals surface area contributed by atoms with Gasteiger partial charge in [-0.15, -0.1) is 0 Å². The molecule has 16 heteroatoms. The highest BCUT2D eigenvalue weighted by Gasteiger charge is 2.50. The summed E-state index contributed by atoms with van der Waals surface area (Å²) < 4.78 is 24.2. The van der Waals surface area contributed by atoms with E-state index in [1.54, 1.807) is 65.8 Å². The second-order valence-corrected chi connectivity index (χ2v) is 19.2. The number of likely N-dealkylation sites (tertiary alicyclic amines) is 1. The molecule has 1 saturated heterocycles. The average Bonchev–Trinajstić information content (AvgIpc) is 3.83. The third kappa shape index (κ3) is 8.74. The number of aromatic hydroxyl groups is 2. The van der Waals surface area contributed by atoms with E-state index in [1.165, 1.54) is 27.2 Å². The van der Waals surface area contributed by atoms with Gasteiger partial charge in [0.1, 0.15) is 28.6 Å². The van der Waals surface area contributed by atoms with Crippen LogP contribution in [0.15, 0.2) is 82.7 Å². The summed E-state index contributed by atoms with van der Waals surface area (Å²) in [5.41, 5.74) is 1.47. The lowest BCUT2D eigenvalue weighted by atomic mass is 9.78. The van der Waals surface area contributed by atoms with Crippen molar-refractivity contribution in [1.29, 1.82) is 0 Å². The van der Waals surface area contributed by atoms with Crippen molar-refractivity contribution in [3.63, 3.8) is 0 Å². The van der Waals surface area contributed by atoms with E-state index in [-0.39, 0.29) is 56.2 Å². The molecule has 4 aliphatic rings. The van der Waals surface area contributed by atoms with Gasteiger partial charge >= 0.3 is 11.8 Å². The Hall–Kier alpha value is -6.20. The smallest absolute Gasteiger partial charge is 0.312 e. The van der Waals surface area contributed by atoms with E-state index in [4.69, 9.17) is 28.9 Å².